The molecule has 0 spiro atoms. The molecule has 1 heterocycles. The molecule has 2 aromatic rings. The molecule has 34 heavy (non-hydrogen) atoms. The Labute approximate surface area is 193 Å². The Morgan fingerprint density at radius 3 is 2.35 bits per heavy atom. The zero-order valence-corrected chi connectivity index (χ0v) is 18.2. The van der Waals surface area contributed by atoms with Crippen LogP contribution >= 0.6 is 0 Å². The Kier molecular flexibility index (Phi) is 6.77. The van der Waals surface area contributed by atoms with Crippen LogP contribution in [0.4, 0.5) is 18.9 Å². The van der Waals surface area contributed by atoms with Crippen molar-refractivity contribution in [3.63, 3.8) is 0 Å². The number of carbonyl (C=O) groups is 3. The molecule has 7 nitrogen and oxygen atoms in total. The number of esters is 1. The van der Waals surface area contributed by atoms with E-state index in [1.807, 2.05) is 6.07 Å². The van der Waals surface area contributed by atoms with Gasteiger partial charge in [-0.2, -0.15) is 18.4 Å². The van der Waals surface area contributed by atoms with Crippen LogP contribution in [0.3, 0.4) is 0 Å². The molecule has 0 saturated carbocycles. The summed E-state index contributed by atoms with van der Waals surface area (Å²) >= 11 is 0. The first kappa shape index (κ1) is 24.5. The number of amides is 2. The third-order valence-corrected chi connectivity index (χ3v) is 5.49. The lowest BCUT2D eigenvalue weighted by Crippen LogP contribution is -2.50. The molecule has 0 bridgehead atoms. The predicted octanol–water partition coefficient (Wildman–Crippen LogP) is 3.65. The van der Waals surface area contributed by atoms with Gasteiger partial charge in [0.25, 0.3) is 0 Å². The lowest BCUT2D eigenvalue weighted by atomic mass is 9.75. The van der Waals surface area contributed by atoms with Crippen LogP contribution in [-0.2, 0) is 25.3 Å². The van der Waals surface area contributed by atoms with E-state index in [1.54, 1.807) is 6.92 Å². The van der Waals surface area contributed by atoms with E-state index in [4.69, 9.17) is 15.7 Å². The highest BCUT2D eigenvalue weighted by Crippen LogP contribution is 2.43. The maximum absolute atomic E-state index is 13.5. The molecule has 0 radical (unpaired) electrons. The molecule has 2 aromatic carbocycles. The van der Waals surface area contributed by atoms with E-state index in [2.05, 4.69) is 0 Å². The predicted molar refractivity (Wildman–Crippen MR) is 115 cm³/mol. The number of nitriles is 1. The van der Waals surface area contributed by atoms with E-state index in [-0.39, 0.29) is 23.6 Å². The van der Waals surface area contributed by atoms with Crippen LogP contribution in [0, 0.1) is 17.2 Å². The number of primary amides is 1. The Morgan fingerprint density at radius 2 is 1.82 bits per heavy atom. The zero-order valence-electron chi connectivity index (χ0n) is 18.2. The number of hydrogen-bond donors (Lipinski definition) is 1. The Hall–Kier alpha value is -4.13. The first-order chi connectivity index (χ1) is 16.0. The Balaban J connectivity index is 2.29. The fourth-order valence-electron chi connectivity index (χ4n) is 3.99. The van der Waals surface area contributed by atoms with Gasteiger partial charge in [-0.05, 0) is 49.7 Å². The van der Waals surface area contributed by atoms with Gasteiger partial charge in [-0.15, -0.1) is 0 Å². The first-order valence-electron chi connectivity index (χ1n) is 10.2. The number of halogens is 3. The van der Waals surface area contributed by atoms with Gasteiger partial charge in [-0.25, -0.2) is 4.79 Å². The summed E-state index contributed by atoms with van der Waals surface area (Å²) in [5.41, 5.74) is 4.96. The number of anilines is 1. The number of benzene rings is 2. The van der Waals surface area contributed by atoms with Crippen molar-refractivity contribution in [1.29, 1.82) is 5.26 Å². The van der Waals surface area contributed by atoms with Gasteiger partial charge in [0, 0.05) is 17.3 Å². The SMILES string of the molecule is CCOC(=O)C1=C(C)N(c2cccc(C(F)(F)F)c2)C(=O)C(C(N)=O)C1c1ccc(C#N)cc1. The number of ether oxygens (including phenoxy) is 1. The van der Waals surface area contributed by atoms with Gasteiger partial charge in [-0.3, -0.25) is 14.5 Å². The van der Waals surface area contributed by atoms with E-state index >= 15 is 0 Å². The molecule has 0 fully saturated rings. The summed E-state index contributed by atoms with van der Waals surface area (Å²) in [6.07, 6.45) is -4.68. The van der Waals surface area contributed by atoms with E-state index in [0.29, 0.717) is 11.1 Å². The fraction of sp³-hybridized carbons (Fsp3) is 0.250. The molecule has 2 atom stereocenters. The number of carbonyl (C=O) groups excluding carboxylic acids is 3. The van der Waals surface area contributed by atoms with Crippen LogP contribution in [-0.4, -0.2) is 24.4 Å². The summed E-state index contributed by atoms with van der Waals surface area (Å²) in [5.74, 6) is -5.55. The molecule has 2 amide bonds. The molecule has 10 heteroatoms. The number of rotatable bonds is 5. The van der Waals surface area contributed by atoms with Crippen molar-refractivity contribution >= 4 is 23.5 Å². The van der Waals surface area contributed by atoms with Crippen molar-refractivity contribution in [1.82, 2.24) is 0 Å². The van der Waals surface area contributed by atoms with E-state index in [9.17, 15) is 27.6 Å². The summed E-state index contributed by atoms with van der Waals surface area (Å²) in [4.78, 5) is 39.8. The largest absolute Gasteiger partial charge is 0.463 e. The lowest BCUT2D eigenvalue weighted by molar-refractivity contribution is -0.140. The van der Waals surface area contributed by atoms with Crippen LogP contribution in [0.25, 0.3) is 0 Å². The smallest absolute Gasteiger partial charge is 0.416 e. The second-order valence-electron chi connectivity index (χ2n) is 7.53. The lowest BCUT2D eigenvalue weighted by Gasteiger charge is -2.38. The van der Waals surface area contributed by atoms with E-state index < -0.39 is 41.4 Å². The fourth-order valence-corrected chi connectivity index (χ4v) is 3.99. The molecule has 0 saturated heterocycles. The highest BCUT2D eigenvalue weighted by atomic mass is 19.4. The van der Waals surface area contributed by atoms with Crippen molar-refractivity contribution in [2.75, 3.05) is 11.5 Å². The summed E-state index contributed by atoms with van der Waals surface area (Å²) in [6, 6.07) is 11.8. The Bertz CT molecular complexity index is 1210. The average Bonchev–Trinajstić information content (AvgIpc) is 2.78. The quantitative estimate of drug-likeness (QED) is 0.528. The molecule has 1 aliphatic rings. The second-order valence-corrected chi connectivity index (χ2v) is 7.53. The van der Waals surface area contributed by atoms with Gasteiger partial charge in [0.15, 0.2) is 0 Å². The summed E-state index contributed by atoms with van der Waals surface area (Å²) in [5, 5.41) is 9.07. The van der Waals surface area contributed by atoms with Crippen molar-refractivity contribution in [2.45, 2.75) is 25.9 Å². The third kappa shape index (κ3) is 4.50. The van der Waals surface area contributed by atoms with Crippen LogP contribution in [0.15, 0.2) is 59.8 Å². The van der Waals surface area contributed by atoms with Gasteiger partial charge < -0.3 is 10.5 Å². The number of alkyl halides is 3. The van der Waals surface area contributed by atoms with Crippen LogP contribution < -0.4 is 10.6 Å². The van der Waals surface area contributed by atoms with Gasteiger partial charge in [0.1, 0.15) is 5.92 Å². The van der Waals surface area contributed by atoms with Crippen molar-refractivity contribution in [2.24, 2.45) is 11.7 Å². The summed E-state index contributed by atoms with van der Waals surface area (Å²) in [6.45, 7) is 2.93. The minimum atomic E-state index is -4.68. The van der Waals surface area contributed by atoms with Crippen molar-refractivity contribution in [3.05, 3.63) is 76.5 Å². The number of nitrogens with two attached hydrogens (primary N) is 1. The highest BCUT2D eigenvalue weighted by Gasteiger charge is 2.48. The topological polar surface area (TPSA) is 113 Å². The molecule has 176 valence electrons. The first-order valence-corrected chi connectivity index (χ1v) is 10.2. The molecule has 0 aliphatic carbocycles. The number of hydrogen-bond acceptors (Lipinski definition) is 5. The normalized spacial score (nSPS) is 18.5. The van der Waals surface area contributed by atoms with Crippen molar-refractivity contribution < 1.29 is 32.3 Å². The zero-order chi connectivity index (χ0) is 25.2. The van der Waals surface area contributed by atoms with Crippen LogP contribution in [0.5, 0.6) is 0 Å². The van der Waals surface area contributed by atoms with E-state index in [0.717, 1.165) is 23.1 Å². The third-order valence-electron chi connectivity index (χ3n) is 5.49. The maximum Gasteiger partial charge on any atom is 0.416 e. The average molecular weight is 471 g/mol. The standard InChI is InChI=1S/C24H20F3N3O4/c1-3-34-23(33)18-13(2)30(17-6-4-5-16(11-17)24(25,26)27)22(32)20(21(29)31)19(18)15-9-7-14(12-28)8-10-15/h4-11,19-20H,3H2,1-2H3,(H2,29,31). The molecule has 2 unspecified atom stereocenters. The molecule has 2 N–H and O–H groups in total. The Morgan fingerprint density at radius 1 is 1.18 bits per heavy atom. The van der Waals surface area contributed by atoms with Gasteiger partial charge in [-0.1, -0.05) is 18.2 Å². The summed E-state index contributed by atoms with van der Waals surface area (Å²) in [7, 11) is 0. The van der Waals surface area contributed by atoms with Gasteiger partial charge in [0.2, 0.25) is 11.8 Å². The molecule has 0 aromatic heterocycles. The van der Waals surface area contributed by atoms with E-state index in [1.165, 1.54) is 37.3 Å². The molecular formula is C24H20F3N3O4. The minimum absolute atomic E-state index is 0.00892. The second kappa shape index (κ2) is 9.39. The number of allylic oxidation sites excluding steroid dienone is 1. The minimum Gasteiger partial charge on any atom is -0.463 e. The van der Waals surface area contributed by atoms with Gasteiger partial charge >= 0.3 is 12.1 Å². The summed E-state index contributed by atoms with van der Waals surface area (Å²) < 4.78 is 45.0. The van der Waals surface area contributed by atoms with Crippen LogP contribution in [0.1, 0.15) is 36.5 Å². The van der Waals surface area contributed by atoms with Crippen LogP contribution in [0.2, 0.25) is 0 Å². The maximum atomic E-state index is 13.5. The molecular weight excluding hydrogens is 451 g/mol. The molecule has 1 aliphatic heterocycles. The highest BCUT2D eigenvalue weighted by molar-refractivity contribution is 6.14. The van der Waals surface area contributed by atoms with Crippen molar-refractivity contribution in [3.8, 4) is 6.07 Å². The van der Waals surface area contributed by atoms with Gasteiger partial charge in [0.05, 0.1) is 29.4 Å². The monoisotopic (exact) mass is 471 g/mol. The molecule has 3 rings (SSSR count). The number of nitrogens with zero attached hydrogens (tertiary/aromatic N) is 2.